The molecule has 0 spiro atoms. The quantitative estimate of drug-likeness (QED) is 0.598. The van der Waals surface area contributed by atoms with Gasteiger partial charge in [-0.1, -0.05) is 36.6 Å². The maximum atomic E-state index is 14.0. The summed E-state index contributed by atoms with van der Waals surface area (Å²) in [6.45, 7) is 2.19. The molecule has 0 N–H and O–H groups in total. The lowest BCUT2D eigenvalue weighted by atomic mass is 10.0. The fourth-order valence-electron chi connectivity index (χ4n) is 5.29. The Balaban J connectivity index is 1.77. The van der Waals surface area contributed by atoms with Gasteiger partial charge in [-0.2, -0.15) is 18.4 Å². The first-order valence-corrected chi connectivity index (χ1v) is 10.6. The maximum absolute atomic E-state index is 14.0. The van der Waals surface area contributed by atoms with Crippen molar-refractivity contribution in [3.8, 4) is 6.07 Å². The Labute approximate surface area is 174 Å². The van der Waals surface area contributed by atoms with Crippen LogP contribution < -0.4 is 0 Å². The van der Waals surface area contributed by atoms with Crippen LogP contribution in [0.4, 0.5) is 13.2 Å². The number of aromatic nitrogens is 1. The van der Waals surface area contributed by atoms with Gasteiger partial charge in [0.05, 0.1) is 22.5 Å². The third-order valence-electron chi connectivity index (χ3n) is 6.94. The van der Waals surface area contributed by atoms with Crippen LogP contribution in [-0.2, 0) is 0 Å². The highest BCUT2D eigenvalue weighted by molar-refractivity contribution is 5.93. The molecule has 2 heterocycles. The van der Waals surface area contributed by atoms with Crippen LogP contribution in [0.2, 0.25) is 0 Å². The zero-order valence-corrected chi connectivity index (χ0v) is 17.0. The molecule has 2 fully saturated rings. The fraction of sp³-hybridized carbons (Fsp3) is 0.458. The highest BCUT2D eigenvalue weighted by Crippen LogP contribution is 2.57. The molecule has 0 amide bonds. The molecule has 0 saturated heterocycles. The number of benzene rings is 1. The summed E-state index contributed by atoms with van der Waals surface area (Å²) in [7, 11) is 0. The van der Waals surface area contributed by atoms with E-state index >= 15 is 0 Å². The van der Waals surface area contributed by atoms with Gasteiger partial charge in [-0.3, -0.25) is 0 Å². The number of hydrogen-bond donors (Lipinski definition) is 0. The molecule has 3 aliphatic rings. The molecule has 0 unspecified atom stereocenters. The van der Waals surface area contributed by atoms with E-state index in [0.29, 0.717) is 17.0 Å². The Morgan fingerprint density at radius 2 is 1.90 bits per heavy atom. The van der Waals surface area contributed by atoms with Gasteiger partial charge in [0.2, 0.25) is 0 Å². The second-order valence-electron chi connectivity index (χ2n) is 8.78. The maximum Gasteiger partial charge on any atom is 0.411 e. The van der Waals surface area contributed by atoms with Crippen molar-refractivity contribution in [1.82, 2.24) is 9.47 Å². The van der Waals surface area contributed by atoms with Gasteiger partial charge in [0, 0.05) is 18.0 Å². The Morgan fingerprint density at radius 1 is 1.17 bits per heavy atom. The molecule has 156 valence electrons. The van der Waals surface area contributed by atoms with Crippen LogP contribution in [0.1, 0.15) is 61.4 Å². The van der Waals surface area contributed by atoms with Crippen molar-refractivity contribution in [3.63, 3.8) is 0 Å². The molecule has 2 aliphatic carbocycles. The normalized spacial score (nSPS) is 21.2. The molecule has 2 saturated carbocycles. The van der Waals surface area contributed by atoms with E-state index in [1.54, 1.807) is 12.2 Å². The van der Waals surface area contributed by atoms with Gasteiger partial charge in [0.1, 0.15) is 11.6 Å². The Hall–Kier alpha value is -2.68. The molecular formula is C24H24F3N3. The minimum absolute atomic E-state index is 0.104. The van der Waals surface area contributed by atoms with Crippen LogP contribution in [0, 0.1) is 18.3 Å². The van der Waals surface area contributed by atoms with Crippen molar-refractivity contribution in [2.24, 2.45) is 0 Å². The largest absolute Gasteiger partial charge is 0.411 e. The smallest absolute Gasteiger partial charge is 0.352 e. The molecule has 0 bridgehead atoms. The van der Waals surface area contributed by atoms with Crippen LogP contribution in [0.25, 0.3) is 16.6 Å². The number of fused-ring (bicyclic) bond motifs is 1. The van der Waals surface area contributed by atoms with Crippen LogP contribution in [0.3, 0.4) is 0 Å². The van der Waals surface area contributed by atoms with E-state index in [0.717, 1.165) is 42.1 Å². The molecule has 6 heteroatoms. The fourth-order valence-corrected chi connectivity index (χ4v) is 5.29. The van der Waals surface area contributed by atoms with Gasteiger partial charge in [-0.25, -0.2) is 0 Å². The number of nitriles is 1. The predicted molar refractivity (Wildman–Crippen MR) is 111 cm³/mol. The lowest BCUT2D eigenvalue weighted by Gasteiger charge is -2.38. The van der Waals surface area contributed by atoms with E-state index < -0.39 is 11.7 Å². The van der Waals surface area contributed by atoms with Crippen LogP contribution in [-0.4, -0.2) is 27.7 Å². The third-order valence-corrected chi connectivity index (χ3v) is 6.94. The highest BCUT2D eigenvalue weighted by Gasteiger charge is 2.67. The average Bonchev–Trinajstić information content (AvgIpc) is 3.25. The number of nitrogens with zero attached hydrogens (tertiary/aromatic N) is 3. The van der Waals surface area contributed by atoms with E-state index in [1.807, 2.05) is 31.2 Å². The van der Waals surface area contributed by atoms with Crippen molar-refractivity contribution in [1.29, 1.82) is 5.26 Å². The van der Waals surface area contributed by atoms with Gasteiger partial charge >= 0.3 is 6.18 Å². The Morgan fingerprint density at radius 3 is 2.53 bits per heavy atom. The predicted octanol–water partition coefficient (Wildman–Crippen LogP) is 6.24. The Bertz CT molecular complexity index is 1100. The lowest BCUT2D eigenvalue weighted by molar-refractivity contribution is -0.186. The Kier molecular flexibility index (Phi) is 4.29. The second kappa shape index (κ2) is 6.66. The van der Waals surface area contributed by atoms with Crippen LogP contribution >= 0.6 is 0 Å². The number of hydrogen-bond acceptors (Lipinski definition) is 2. The van der Waals surface area contributed by atoms with Crippen LogP contribution in [0.5, 0.6) is 0 Å². The van der Waals surface area contributed by atoms with E-state index in [2.05, 4.69) is 10.6 Å². The third kappa shape index (κ3) is 2.71. The van der Waals surface area contributed by atoms with Crippen molar-refractivity contribution in [2.75, 3.05) is 6.54 Å². The molecule has 1 aromatic heterocycles. The minimum Gasteiger partial charge on any atom is -0.352 e. The summed E-state index contributed by atoms with van der Waals surface area (Å²) in [6, 6.07) is 8.58. The first-order valence-electron chi connectivity index (χ1n) is 10.6. The summed E-state index contributed by atoms with van der Waals surface area (Å²) in [5, 5.41) is 10.9. The minimum atomic E-state index is -4.30. The van der Waals surface area contributed by atoms with E-state index in [9.17, 15) is 18.4 Å². The van der Waals surface area contributed by atoms with Gasteiger partial charge in [0.15, 0.2) is 0 Å². The molecule has 5 rings (SSSR count). The zero-order chi connectivity index (χ0) is 21.1. The van der Waals surface area contributed by atoms with Crippen molar-refractivity contribution in [3.05, 3.63) is 53.2 Å². The summed E-state index contributed by atoms with van der Waals surface area (Å²) < 4.78 is 44.3. The number of aryl methyl sites for hydroxylation is 1. The summed E-state index contributed by atoms with van der Waals surface area (Å²) in [5.41, 5.74) is 1.85. The van der Waals surface area contributed by atoms with Gasteiger partial charge in [-0.05, 0) is 50.8 Å². The van der Waals surface area contributed by atoms with E-state index in [-0.39, 0.29) is 25.4 Å². The number of halogens is 3. The molecule has 2 aromatic rings. The summed E-state index contributed by atoms with van der Waals surface area (Å²) >= 11 is 0. The molecule has 0 radical (unpaired) electrons. The highest BCUT2D eigenvalue weighted by atomic mass is 19.4. The summed E-state index contributed by atoms with van der Waals surface area (Å²) in [6.07, 6.45) is 5.45. The van der Waals surface area contributed by atoms with Crippen molar-refractivity contribution >= 4 is 16.6 Å². The van der Waals surface area contributed by atoms with E-state index in [4.69, 9.17) is 0 Å². The van der Waals surface area contributed by atoms with Gasteiger partial charge in [-0.15, -0.1) is 0 Å². The van der Waals surface area contributed by atoms with Crippen molar-refractivity contribution < 1.29 is 13.2 Å². The zero-order valence-electron chi connectivity index (χ0n) is 17.0. The topological polar surface area (TPSA) is 32.0 Å². The number of alkyl halides is 3. The monoisotopic (exact) mass is 411 g/mol. The molecule has 30 heavy (non-hydrogen) atoms. The SMILES string of the molecule is Cc1ccc2c(c1)c(C#N)c(C1=CC=CCN1C1(C(F)(F)F)CC1)n2C1CCCC1. The molecular weight excluding hydrogens is 387 g/mol. The summed E-state index contributed by atoms with van der Waals surface area (Å²) in [4.78, 5) is 1.50. The molecule has 3 nitrogen and oxygen atoms in total. The van der Waals surface area contributed by atoms with Crippen LogP contribution in [0.15, 0.2) is 36.4 Å². The molecule has 1 aliphatic heterocycles. The molecule has 1 aromatic carbocycles. The van der Waals surface area contributed by atoms with Gasteiger partial charge in [0.25, 0.3) is 0 Å². The number of rotatable bonds is 3. The lowest BCUT2D eigenvalue weighted by Crippen LogP contribution is -2.48. The standard InChI is InChI=1S/C24H24F3N3/c1-16-9-10-20-18(14-16)19(15-28)22(30(20)17-6-2-3-7-17)21-8-4-5-13-29(21)23(11-12-23)24(25,26)27/h4-5,8-10,14,17H,2-3,6-7,11-13H2,1H3. The molecule has 0 atom stereocenters. The second-order valence-corrected chi connectivity index (χ2v) is 8.78. The number of allylic oxidation sites excluding steroid dienone is 2. The summed E-state index contributed by atoms with van der Waals surface area (Å²) in [5.74, 6) is 0. The van der Waals surface area contributed by atoms with Gasteiger partial charge < -0.3 is 9.47 Å². The van der Waals surface area contributed by atoms with Crippen molar-refractivity contribution in [2.45, 2.75) is 63.2 Å². The van der Waals surface area contributed by atoms with E-state index in [1.165, 1.54) is 4.90 Å². The average molecular weight is 411 g/mol. The first-order chi connectivity index (χ1) is 14.4. The first kappa shape index (κ1) is 19.3.